The van der Waals surface area contributed by atoms with E-state index in [0.29, 0.717) is 0 Å². The lowest BCUT2D eigenvalue weighted by molar-refractivity contribution is -0.164. The molecule has 0 aliphatic carbocycles. The summed E-state index contributed by atoms with van der Waals surface area (Å²) in [5.41, 5.74) is -1.24. The summed E-state index contributed by atoms with van der Waals surface area (Å²) < 4.78 is 9.24. The van der Waals surface area contributed by atoms with Crippen molar-refractivity contribution in [3.05, 3.63) is 0 Å². The van der Waals surface area contributed by atoms with Crippen LogP contribution in [0.2, 0.25) is 0 Å². The van der Waals surface area contributed by atoms with Gasteiger partial charge in [-0.3, -0.25) is 0 Å². The Morgan fingerprint density at radius 3 is 2.25 bits per heavy atom. The van der Waals surface area contributed by atoms with Crippen molar-refractivity contribution in [2.24, 2.45) is 0 Å². The standard InChI is InChI=1S/C8H13O4/c1-6(2)12-7(10)8(3,4)11-5-9/h6H,1-4H3. The Morgan fingerprint density at radius 1 is 1.42 bits per heavy atom. The second-order valence-corrected chi connectivity index (χ2v) is 3.15. The first kappa shape index (κ1) is 10.9. The fourth-order valence-electron chi connectivity index (χ4n) is 0.502. The van der Waals surface area contributed by atoms with Crippen LogP contribution in [0.15, 0.2) is 0 Å². The Bertz CT molecular complexity index is 172. The van der Waals surface area contributed by atoms with Crippen LogP contribution in [0.25, 0.3) is 0 Å². The van der Waals surface area contributed by atoms with E-state index in [2.05, 4.69) is 4.74 Å². The minimum atomic E-state index is -1.24. The topological polar surface area (TPSA) is 52.6 Å². The zero-order chi connectivity index (χ0) is 9.78. The van der Waals surface area contributed by atoms with Gasteiger partial charge in [-0.1, -0.05) is 0 Å². The molecule has 0 aliphatic rings. The molecule has 0 amide bonds. The maximum atomic E-state index is 11.1. The second kappa shape index (κ2) is 4.09. The van der Waals surface area contributed by atoms with Gasteiger partial charge in [0.2, 0.25) is 5.60 Å². The van der Waals surface area contributed by atoms with E-state index >= 15 is 0 Å². The van der Waals surface area contributed by atoms with E-state index in [1.807, 2.05) is 0 Å². The lowest BCUT2D eigenvalue weighted by Crippen LogP contribution is -2.37. The molecule has 0 aliphatic heterocycles. The first-order valence-electron chi connectivity index (χ1n) is 3.66. The van der Waals surface area contributed by atoms with Crippen LogP contribution in [0.1, 0.15) is 27.7 Å². The van der Waals surface area contributed by atoms with Crippen LogP contribution in [0.4, 0.5) is 0 Å². The van der Waals surface area contributed by atoms with E-state index in [0.717, 1.165) is 0 Å². The molecule has 0 aromatic carbocycles. The van der Waals surface area contributed by atoms with Crippen molar-refractivity contribution in [3.63, 3.8) is 0 Å². The number of rotatable bonds is 4. The first-order chi connectivity index (χ1) is 5.40. The molecule has 0 atom stereocenters. The molecule has 4 heteroatoms. The van der Waals surface area contributed by atoms with E-state index in [1.54, 1.807) is 13.8 Å². The number of carbonyl (C=O) groups is 1. The third-order valence-corrected chi connectivity index (χ3v) is 1.13. The van der Waals surface area contributed by atoms with E-state index in [4.69, 9.17) is 4.74 Å². The molecule has 0 aromatic heterocycles. The summed E-state index contributed by atoms with van der Waals surface area (Å²) in [6.07, 6.45) is -0.216. The molecule has 0 fully saturated rings. The van der Waals surface area contributed by atoms with Crippen molar-refractivity contribution in [2.75, 3.05) is 0 Å². The normalized spacial score (nSPS) is 11.1. The van der Waals surface area contributed by atoms with Gasteiger partial charge >= 0.3 is 12.4 Å². The molecule has 0 spiro atoms. The van der Waals surface area contributed by atoms with Gasteiger partial charge in [0.05, 0.1) is 6.10 Å². The van der Waals surface area contributed by atoms with E-state index in [1.165, 1.54) is 20.3 Å². The number of carbonyl (C=O) groups excluding carboxylic acids is 2. The summed E-state index contributed by atoms with van der Waals surface area (Å²) in [4.78, 5) is 21.0. The molecule has 1 radical (unpaired) electrons. The number of ether oxygens (including phenoxy) is 2. The Hall–Kier alpha value is -1.06. The van der Waals surface area contributed by atoms with Crippen molar-refractivity contribution in [1.29, 1.82) is 0 Å². The van der Waals surface area contributed by atoms with Gasteiger partial charge < -0.3 is 9.47 Å². The van der Waals surface area contributed by atoms with Crippen molar-refractivity contribution in [3.8, 4) is 0 Å². The SMILES string of the molecule is CC(C)OC(=O)C(C)(C)O[C]=O. The third-order valence-electron chi connectivity index (χ3n) is 1.13. The third kappa shape index (κ3) is 3.37. The van der Waals surface area contributed by atoms with Crippen molar-refractivity contribution < 1.29 is 19.1 Å². The van der Waals surface area contributed by atoms with Gasteiger partial charge in [0, 0.05) is 0 Å². The number of hydrogen-bond acceptors (Lipinski definition) is 4. The highest BCUT2D eigenvalue weighted by atomic mass is 16.6. The molecule has 12 heavy (non-hydrogen) atoms. The predicted octanol–water partition coefficient (Wildman–Crippen LogP) is 0.800. The summed E-state index contributed by atoms with van der Waals surface area (Å²) in [7, 11) is 0. The molecule has 69 valence electrons. The van der Waals surface area contributed by atoms with Crippen molar-refractivity contribution in [1.82, 2.24) is 0 Å². The van der Waals surface area contributed by atoms with Gasteiger partial charge in [-0.15, -0.1) is 0 Å². The summed E-state index contributed by atoms with van der Waals surface area (Å²) in [6, 6.07) is 0. The van der Waals surface area contributed by atoms with Crippen molar-refractivity contribution in [2.45, 2.75) is 39.4 Å². The Labute approximate surface area is 71.8 Å². The zero-order valence-electron chi connectivity index (χ0n) is 7.71. The molecule has 0 N–H and O–H groups in total. The van der Waals surface area contributed by atoms with Gasteiger partial charge in [-0.2, -0.15) is 0 Å². The van der Waals surface area contributed by atoms with Crippen LogP contribution in [0, 0.1) is 0 Å². The molecule has 0 aromatic rings. The number of esters is 1. The Morgan fingerprint density at radius 2 is 1.92 bits per heavy atom. The maximum Gasteiger partial charge on any atom is 0.418 e. The fraction of sp³-hybridized carbons (Fsp3) is 0.750. The Kier molecular flexibility index (Phi) is 3.73. The quantitative estimate of drug-likeness (QED) is 0.590. The number of hydrogen-bond donors (Lipinski definition) is 0. The molecule has 0 bridgehead atoms. The van der Waals surface area contributed by atoms with Crippen LogP contribution in [0.5, 0.6) is 0 Å². The van der Waals surface area contributed by atoms with E-state index in [9.17, 15) is 9.59 Å². The molecule has 0 rings (SSSR count). The van der Waals surface area contributed by atoms with Crippen LogP contribution in [-0.4, -0.2) is 24.1 Å². The Balaban J connectivity index is 4.14. The maximum absolute atomic E-state index is 11.1. The zero-order valence-corrected chi connectivity index (χ0v) is 7.71. The second-order valence-electron chi connectivity index (χ2n) is 3.15. The van der Waals surface area contributed by atoms with Crippen molar-refractivity contribution >= 4 is 12.4 Å². The van der Waals surface area contributed by atoms with E-state index < -0.39 is 11.6 Å². The highest BCUT2D eigenvalue weighted by Crippen LogP contribution is 2.11. The highest BCUT2D eigenvalue weighted by Gasteiger charge is 2.32. The smallest absolute Gasteiger partial charge is 0.418 e. The summed E-state index contributed by atoms with van der Waals surface area (Å²) in [6.45, 7) is 7.55. The summed E-state index contributed by atoms with van der Waals surface area (Å²) in [5.74, 6) is -0.569. The van der Waals surface area contributed by atoms with E-state index in [-0.39, 0.29) is 6.10 Å². The lowest BCUT2D eigenvalue weighted by atomic mass is 10.1. The van der Waals surface area contributed by atoms with Crippen LogP contribution in [-0.2, 0) is 19.1 Å². The highest BCUT2D eigenvalue weighted by molar-refractivity contribution is 5.79. The van der Waals surface area contributed by atoms with Gasteiger partial charge in [0.1, 0.15) is 0 Å². The van der Waals surface area contributed by atoms with Crippen LogP contribution < -0.4 is 0 Å². The van der Waals surface area contributed by atoms with Gasteiger partial charge in [-0.25, -0.2) is 9.59 Å². The molecule has 0 unspecified atom stereocenters. The molecule has 0 heterocycles. The van der Waals surface area contributed by atoms with Gasteiger partial charge in [0.25, 0.3) is 0 Å². The largest absolute Gasteiger partial charge is 0.460 e. The average molecular weight is 173 g/mol. The van der Waals surface area contributed by atoms with Gasteiger partial charge in [-0.05, 0) is 27.7 Å². The summed E-state index contributed by atoms with van der Waals surface area (Å²) in [5, 5.41) is 0. The predicted molar refractivity (Wildman–Crippen MR) is 42.1 cm³/mol. The molecule has 0 saturated carbocycles. The van der Waals surface area contributed by atoms with Gasteiger partial charge in [0.15, 0.2) is 0 Å². The minimum Gasteiger partial charge on any atom is -0.460 e. The van der Waals surface area contributed by atoms with Crippen LogP contribution in [0.3, 0.4) is 0 Å². The monoisotopic (exact) mass is 173 g/mol. The summed E-state index contributed by atoms with van der Waals surface area (Å²) >= 11 is 0. The fourth-order valence-corrected chi connectivity index (χ4v) is 0.502. The molecule has 0 saturated heterocycles. The minimum absolute atomic E-state index is 0.216. The lowest BCUT2D eigenvalue weighted by Gasteiger charge is -2.21. The molecule has 4 nitrogen and oxygen atoms in total. The first-order valence-corrected chi connectivity index (χ1v) is 3.66. The van der Waals surface area contributed by atoms with Crippen LogP contribution >= 0.6 is 0 Å². The molecular weight excluding hydrogens is 160 g/mol. The molecular formula is C8H13O4. The average Bonchev–Trinajstić information content (AvgIpc) is 1.85.